The third-order valence-corrected chi connectivity index (χ3v) is 6.04. The summed E-state index contributed by atoms with van der Waals surface area (Å²) in [6.45, 7) is 7.27. The highest BCUT2D eigenvalue weighted by Crippen LogP contribution is 2.38. The number of nitrogens with one attached hydrogen (secondary N) is 1. The van der Waals surface area contributed by atoms with Gasteiger partial charge in [0, 0.05) is 56.8 Å². The minimum absolute atomic E-state index is 0.302. The van der Waals surface area contributed by atoms with E-state index >= 15 is 0 Å². The summed E-state index contributed by atoms with van der Waals surface area (Å²) in [5.41, 5.74) is 3.70. The zero-order valence-corrected chi connectivity index (χ0v) is 17.6. The monoisotopic (exact) mass is 394 g/mol. The summed E-state index contributed by atoms with van der Waals surface area (Å²) < 4.78 is 5.64. The standard InChI is InChI=1S/C23H30N4O2/c1-16-13-19(17(2)29-16)14-25-23(24-3)27-15-18(20-7-4-5-8-21(20)27)10-12-26-11-6-9-22(26)28/h4-5,7-8,13,18H,6,9-12,14-15H2,1-3H3,(H,24,25). The van der Waals surface area contributed by atoms with Crippen molar-refractivity contribution in [2.45, 2.75) is 45.6 Å². The summed E-state index contributed by atoms with van der Waals surface area (Å²) in [7, 11) is 1.83. The first kappa shape index (κ1) is 19.6. The second-order valence-corrected chi connectivity index (χ2v) is 7.98. The molecular weight excluding hydrogens is 364 g/mol. The molecule has 0 aliphatic carbocycles. The molecule has 6 heteroatoms. The third kappa shape index (κ3) is 4.02. The van der Waals surface area contributed by atoms with E-state index in [0.29, 0.717) is 24.8 Å². The Morgan fingerprint density at radius 2 is 2.14 bits per heavy atom. The molecule has 2 aliphatic rings. The lowest BCUT2D eigenvalue weighted by molar-refractivity contribution is -0.127. The van der Waals surface area contributed by atoms with Crippen LogP contribution in [0.5, 0.6) is 0 Å². The van der Waals surface area contributed by atoms with E-state index in [1.807, 2.05) is 25.8 Å². The lowest BCUT2D eigenvalue weighted by Gasteiger charge is -2.23. The smallest absolute Gasteiger partial charge is 0.222 e. The van der Waals surface area contributed by atoms with Gasteiger partial charge in [-0.15, -0.1) is 0 Å². The van der Waals surface area contributed by atoms with Gasteiger partial charge in [0.2, 0.25) is 5.91 Å². The Bertz CT molecular complexity index is 917. The van der Waals surface area contributed by atoms with E-state index in [-0.39, 0.29) is 0 Å². The van der Waals surface area contributed by atoms with E-state index in [1.54, 1.807) is 0 Å². The maximum Gasteiger partial charge on any atom is 0.222 e. The molecule has 1 N–H and O–H groups in total. The SMILES string of the molecule is CN=C(NCc1cc(C)oc1C)N1CC(CCN2CCCC2=O)c2ccccc21. The predicted octanol–water partition coefficient (Wildman–Crippen LogP) is 3.59. The van der Waals surface area contributed by atoms with E-state index in [1.165, 1.54) is 11.3 Å². The average Bonchev–Trinajstić information content (AvgIpc) is 3.38. The van der Waals surface area contributed by atoms with Crippen LogP contribution in [0, 0.1) is 13.8 Å². The van der Waals surface area contributed by atoms with Crippen LogP contribution in [0.2, 0.25) is 0 Å². The zero-order valence-electron chi connectivity index (χ0n) is 17.6. The van der Waals surface area contributed by atoms with Crippen LogP contribution in [-0.2, 0) is 11.3 Å². The number of nitrogens with zero attached hydrogens (tertiary/aromatic N) is 3. The van der Waals surface area contributed by atoms with E-state index in [9.17, 15) is 4.79 Å². The number of benzene rings is 1. The average molecular weight is 395 g/mol. The number of aryl methyl sites for hydroxylation is 2. The number of amides is 1. The number of likely N-dealkylation sites (tertiary alicyclic amines) is 1. The van der Waals surface area contributed by atoms with Gasteiger partial charge in [0.05, 0.1) is 0 Å². The number of rotatable bonds is 5. The molecule has 1 fully saturated rings. The highest BCUT2D eigenvalue weighted by molar-refractivity contribution is 5.98. The van der Waals surface area contributed by atoms with Gasteiger partial charge in [0.15, 0.2) is 5.96 Å². The fraction of sp³-hybridized carbons (Fsp3) is 0.478. The molecule has 1 atom stereocenters. The number of aliphatic imine (C=N–C) groups is 1. The van der Waals surface area contributed by atoms with Gasteiger partial charge in [-0.1, -0.05) is 18.2 Å². The van der Waals surface area contributed by atoms with Gasteiger partial charge in [-0.2, -0.15) is 0 Å². The number of hydrogen-bond acceptors (Lipinski definition) is 3. The van der Waals surface area contributed by atoms with Crippen molar-refractivity contribution >= 4 is 17.6 Å². The maximum absolute atomic E-state index is 12.0. The molecule has 0 saturated carbocycles. The minimum Gasteiger partial charge on any atom is -0.466 e. The van der Waals surface area contributed by atoms with Crippen LogP contribution in [0.3, 0.4) is 0 Å². The molecule has 3 heterocycles. The summed E-state index contributed by atoms with van der Waals surface area (Å²) in [5.74, 6) is 3.45. The molecule has 1 aromatic carbocycles. The molecule has 0 spiro atoms. The second-order valence-electron chi connectivity index (χ2n) is 7.98. The zero-order chi connectivity index (χ0) is 20.4. The van der Waals surface area contributed by atoms with E-state index in [4.69, 9.17) is 4.42 Å². The van der Waals surface area contributed by atoms with Crippen molar-refractivity contribution in [2.24, 2.45) is 4.99 Å². The Morgan fingerprint density at radius 3 is 2.83 bits per heavy atom. The first-order chi connectivity index (χ1) is 14.1. The Labute approximate surface area is 172 Å². The summed E-state index contributed by atoms with van der Waals surface area (Å²) >= 11 is 0. The quantitative estimate of drug-likeness (QED) is 0.622. The highest BCUT2D eigenvalue weighted by atomic mass is 16.3. The van der Waals surface area contributed by atoms with Crippen molar-refractivity contribution in [3.63, 3.8) is 0 Å². The summed E-state index contributed by atoms with van der Waals surface area (Å²) in [6.07, 6.45) is 2.68. The largest absolute Gasteiger partial charge is 0.466 e. The Kier molecular flexibility index (Phi) is 5.60. The molecule has 6 nitrogen and oxygen atoms in total. The van der Waals surface area contributed by atoms with Gasteiger partial charge in [0.25, 0.3) is 0 Å². The van der Waals surface area contributed by atoms with Crippen molar-refractivity contribution in [1.29, 1.82) is 0 Å². The van der Waals surface area contributed by atoms with Gasteiger partial charge in [-0.3, -0.25) is 9.79 Å². The van der Waals surface area contributed by atoms with Gasteiger partial charge in [-0.05, 0) is 44.4 Å². The van der Waals surface area contributed by atoms with Crippen LogP contribution in [0.4, 0.5) is 5.69 Å². The van der Waals surface area contributed by atoms with Crippen LogP contribution in [0.15, 0.2) is 39.7 Å². The van der Waals surface area contributed by atoms with E-state index in [0.717, 1.165) is 55.5 Å². The topological polar surface area (TPSA) is 61.1 Å². The van der Waals surface area contributed by atoms with Gasteiger partial charge >= 0.3 is 0 Å². The fourth-order valence-corrected chi connectivity index (χ4v) is 4.52. The molecule has 0 radical (unpaired) electrons. The maximum atomic E-state index is 12.0. The highest BCUT2D eigenvalue weighted by Gasteiger charge is 2.32. The molecule has 0 bridgehead atoms. The predicted molar refractivity (Wildman–Crippen MR) is 115 cm³/mol. The normalized spacial score (nSPS) is 19.2. The van der Waals surface area contributed by atoms with Gasteiger partial charge in [-0.25, -0.2) is 0 Å². The number of anilines is 1. The van der Waals surface area contributed by atoms with Crippen LogP contribution in [0.25, 0.3) is 0 Å². The molecule has 154 valence electrons. The summed E-state index contributed by atoms with van der Waals surface area (Å²) in [5, 5.41) is 3.50. The fourth-order valence-electron chi connectivity index (χ4n) is 4.52. The molecule has 4 rings (SSSR count). The van der Waals surface area contributed by atoms with Crippen molar-refractivity contribution in [1.82, 2.24) is 10.2 Å². The number of para-hydroxylation sites is 1. The molecule has 2 aromatic rings. The first-order valence-electron chi connectivity index (χ1n) is 10.5. The molecule has 1 amide bonds. The summed E-state index contributed by atoms with van der Waals surface area (Å²) in [6, 6.07) is 10.6. The number of guanidine groups is 1. The van der Waals surface area contributed by atoms with Crippen LogP contribution < -0.4 is 10.2 Å². The molecule has 1 saturated heterocycles. The number of hydrogen-bond donors (Lipinski definition) is 1. The molecular formula is C23H30N4O2. The van der Waals surface area contributed by atoms with E-state index in [2.05, 4.69) is 45.5 Å². The Balaban J connectivity index is 1.46. The lowest BCUT2D eigenvalue weighted by Crippen LogP contribution is -2.40. The van der Waals surface area contributed by atoms with Crippen molar-refractivity contribution in [3.05, 3.63) is 53.0 Å². The summed E-state index contributed by atoms with van der Waals surface area (Å²) in [4.78, 5) is 20.8. The lowest BCUT2D eigenvalue weighted by atomic mass is 9.98. The third-order valence-electron chi connectivity index (χ3n) is 6.04. The number of furan rings is 1. The van der Waals surface area contributed by atoms with Crippen molar-refractivity contribution in [2.75, 3.05) is 31.6 Å². The molecule has 29 heavy (non-hydrogen) atoms. The second kappa shape index (κ2) is 8.31. The number of carbonyl (C=O) groups excluding carboxylic acids is 1. The molecule has 2 aliphatic heterocycles. The van der Waals surface area contributed by atoms with Crippen LogP contribution in [0.1, 0.15) is 47.8 Å². The van der Waals surface area contributed by atoms with Crippen molar-refractivity contribution in [3.8, 4) is 0 Å². The molecule has 1 aromatic heterocycles. The minimum atomic E-state index is 0.302. The van der Waals surface area contributed by atoms with Gasteiger partial charge < -0.3 is 19.5 Å². The van der Waals surface area contributed by atoms with Crippen LogP contribution in [-0.4, -0.2) is 43.4 Å². The van der Waals surface area contributed by atoms with Crippen molar-refractivity contribution < 1.29 is 9.21 Å². The van der Waals surface area contributed by atoms with E-state index < -0.39 is 0 Å². The number of carbonyl (C=O) groups is 1. The van der Waals surface area contributed by atoms with Gasteiger partial charge in [0.1, 0.15) is 11.5 Å². The first-order valence-corrected chi connectivity index (χ1v) is 10.5. The molecule has 1 unspecified atom stereocenters. The Morgan fingerprint density at radius 1 is 1.31 bits per heavy atom. The van der Waals surface area contributed by atoms with Crippen LogP contribution >= 0.6 is 0 Å². The number of fused-ring (bicyclic) bond motifs is 1. The Hall–Kier alpha value is -2.76.